The number of aliphatic hydroxyl groups excluding tert-OH is 1. The van der Waals surface area contributed by atoms with Crippen LogP contribution in [0.1, 0.15) is 75.6 Å². The number of carbonyl (C=O) groups excluding carboxylic acids is 2. The number of fused-ring (bicyclic) bond motifs is 1. The van der Waals surface area contributed by atoms with Crippen LogP contribution in [0, 0.1) is 5.82 Å². The summed E-state index contributed by atoms with van der Waals surface area (Å²) < 4.78 is 31.9. The number of rotatable bonds is 12. The molecule has 0 bridgehead atoms. The summed E-state index contributed by atoms with van der Waals surface area (Å²) in [5.74, 6) is -0.178. The average molecular weight is 576 g/mol. The first-order chi connectivity index (χ1) is 20.0. The van der Waals surface area contributed by atoms with Crippen molar-refractivity contribution in [3.05, 3.63) is 82.9 Å². The number of esters is 1. The van der Waals surface area contributed by atoms with Gasteiger partial charge in [-0.15, -0.1) is 0 Å². The molecule has 1 N–H and O–H groups in total. The minimum atomic E-state index is -1.13. The minimum absolute atomic E-state index is 0.0602. The standard InChI is InChI=1S/C34H38FNO6/c1-6-40-29(39)17-26(38)16-25(37)13-14-27-30(21(2)3)28-18-34(4,5)42-32(28)33(41-20-22-8-7-15-36-19-22)31(27)23-9-11-24(35)12-10-23/h7-15,19,21,25,37H,6,16-18,20H2,1-5H3. The number of hydrogen-bond donors (Lipinski definition) is 1. The van der Waals surface area contributed by atoms with Gasteiger partial charge in [0.1, 0.15) is 30.2 Å². The highest BCUT2D eigenvalue weighted by atomic mass is 19.1. The summed E-state index contributed by atoms with van der Waals surface area (Å²) in [5, 5.41) is 10.8. The maximum Gasteiger partial charge on any atom is 0.313 e. The second-order valence-corrected chi connectivity index (χ2v) is 11.3. The molecule has 8 heteroatoms. The lowest BCUT2D eigenvalue weighted by Crippen LogP contribution is -2.25. The van der Waals surface area contributed by atoms with Crippen molar-refractivity contribution in [1.29, 1.82) is 0 Å². The molecule has 3 aromatic rings. The Hall–Kier alpha value is -4.04. The Kier molecular flexibility index (Phi) is 9.78. The molecule has 1 aliphatic heterocycles. The topological polar surface area (TPSA) is 95.0 Å². The quantitative estimate of drug-likeness (QED) is 0.192. The number of hydrogen-bond acceptors (Lipinski definition) is 7. The molecule has 1 aromatic heterocycles. The third-order valence-corrected chi connectivity index (χ3v) is 6.96. The van der Waals surface area contributed by atoms with Gasteiger partial charge in [-0.25, -0.2) is 4.39 Å². The van der Waals surface area contributed by atoms with Crippen LogP contribution in [0.5, 0.6) is 11.5 Å². The first-order valence-corrected chi connectivity index (χ1v) is 14.2. The van der Waals surface area contributed by atoms with Gasteiger partial charge in [0.2, 0.25) is 0 Å². The summed E-state index contributed by atoms with van der Waals surface area (Å²) in [5.41, 5.74) is 4.60. The fourth-order valence-corrected chi connectivity index (χ4v) is 5.28. The lowest BCUT2D eigenvalue weighted by atomic mass is 9.83. The van der Waals surface area contributed by atoms with Gasteiger partial charge in [-0.3, -0.25) is 14.6 Å². The SMILES string of the molecule is CCOC(=O)CC(=O)CC(O)C=Cc1c(-c2ccc(F)cc2)c(OCc2cccnc2)c2c(c1C(C)C)CC(C)(C)O2. The molecular formula is C34H38FNO6. The Morgan fingerprint density at radius 2 is 1.93 bits per heavy atom. The second-order valence-electron chi connectivity index (χ2n) is 11.3. The fourth-order valence-electron chi connectivity index (χ4n) is 5.28. The molecular weight excluding hydrogens is 537 g/mol. The summed E-state index contributed by atoms with van der Waals surface area (Å²) in [4.78, 5) is 28.3. The number of nitrogens with zero attached hydrogens (tertiary/aromatic N) is 1. The van der Waals surface area contributed by atoms with Crippen molar-refractivity contribution in [1.82, 2.24) is 4.98 Å². The van der Waals surface area contributed by atoms with Crippen molar-refractivity contribution in [2.45, 2.75) is 78.1 Å². The number of halogens is 1. The molecule has 222 valence electrons. The molecule has 0 fully saturated rings. The number of carbonyl (C=O) groups is 2. The summed E-state index contributed by atoms with van der Waals surface area (Å²) in [6, 6.07) is 9.92. The normalized spacial score (nSPS) is 14.5. The van der Waals surface area contributed by atoms with Crippen molar-refractivity contribution >= 4 is 17.8 Å². The van der Waals surface area contributed by atoms with E-state index in [1.54, 1.807) is 43.6 Å². The molecule has 2 heterocycles. The van der Waals surface area contributed by atoms with Crippen LogP contribution >= 0.6 is 0 Å². The van der Waals surface area contributed by atoms with Crippen LogP contribution in [0.4, 0.5) is 4.39 Å². The largest absolute Gasteiger partial charge is 0.484 e. The molecule has 0 radical (unpaired) electrons. The molecule has 1 aliphatic rings. The number of aliphatic hydroxyl groups is 1. The van der Waals surface area contributed by atoms with E-state index >= 15 is 0 Å². The molecule has 42 heavy (non-hydrogen) atoms. The summed E-state index contributed by atoms with van der Waals surface area (Å²) >= 11 is 0. The van der Waals surface area contributed by atoms with Crippen LogP contribution in [-0.4, -0.2) is 40.2 Å². The van der Waals surface area contributed by atoms with E-state index in [2.05, 4.69) is 18.8 Å². The van der Waals surface area contributed by atoms with Crippen molar-refractivity contribution in [3.8, 4) is 22.6 Å². The predicted octanol–water partition coefficient (Wildman–Crippen LogP) is 6.59. The van der Waals surface area contributed by atoms with Crippen LogP contribution in [0.15, 0.2) is 54.9 Å². The van der Waals surface area contributed by atoms with Crippen LogP contribution in [0.2, 0.25) is 0 Å². The van der Waals surface area contributed by atoms with Gasteiger partial charge in [-0.2, -0.15) is 0 Å². The van der Waals surface area contributed by atoms with Gasteiger partial charge in [0.05, 0.1) is 12.7 Å². The number of aromatic nitrogens is 1. The average Bonchev–Trinajstić information content (AvgIpc) is 3.25. The zero-order valence-electron chi connectivity index (χ0n) is 24.8. The number of benzene rings is 2. The molecule has 1 atom stereocenters. The van der Waals surface area contributed by atoms with E-state index in [0.29, 0.717) is 29.0 Å². The van der Waals surface area contributed by atoms with E-state index in [9.17, 15) is 19.1 Å². The van der Waals surface area contributed by atoms with E-state index in [1.165, 1.54) is 12.1 Å². The molecule has 2 aromatic carbocycles. The van der Waals surface area contributed by atoms with Crippen LogP contribution in [0.3, 0.4) is 0 Å². The number of pyridine rings is 1. The fraction of sp³-hybridized carbons (Fsp3) is 0.382. The molecule has 0 saturated heterocycles. The van der Waals surface area contributed by atoms with E-state index in [4.69, 9.17) is 14.2 Å². The van der Waals surface area contributed by atoms with Gasteiger partial charge in [-0.1, -0.05) is 44.2 Å². The van der Waals surface area contributed by atoms with Crippen molar-refractivity contribution < 1.29 is 33.3 Å². The highest BCUT2D eigenvalue weighted by Gasteiger charge is 2.38. The maximum absolute atomic E-state index is 14.0. The summed E-state index contributed by atoms with van der Waals surface area (Å²) in [7, 11) is 0. The van der Waals surface area contributed by atoms with Crippen molar-refractivity contribution in [3.63, 3.8) is 0 Å². The number of ether oxygens (including phenoxy) is 3. The highest BCUT2D eigenvalue weighted by Crippen LogP contribution is 2.53. The third kappa shape index (κ3) is 7.42. The third-order valence-electron chi connectivity index (χ3n) is 6.96. The Bertz CT molecular complexity index is 1450. The molecule has 0 saturated carbocycles. The van der Waals surface area contributed by atoms with Crippen molar-refractivity contribution in [2.24, 2.45) is 0 Å². The molecule has 0 aliphatic carbocycles. The lowest BCUT2D eigenvalue weighted by Gasteiger charge is -2.24. The second kappa shape index (κ2) is 13.3. The van der Waals surface area contributed by atoms with Gasteiger partial charge >= 0.3 is 5.97 Å². The Labute approximate surface area is 246 Å². The van der Waals surface area contributed by atoms with E-state index in [-0.39, 0.29) is 31.4 Å². The maximum atomic E-state index is 14.0. The Morgan fingerprint density at radius 1 is 1.19 bits per heavy atom. The highest BCUT2D eigenvalue weighted by molar-refractivity contribution is 5.96. The molecule has 0 spiro atoms. The molecule has 7 nitrogen and oxygen atoms in total. The number of ketones is 1. The van der Waals surface area contributed by atoms with Gasteiger partial charge in [-0.05, 0) is 61.6 Å². The zero-order chi connectivity index (χ0) is 30.4. The van der Waals surface area contributed by atoms with Gasteiger partial charge in [0.15, 0.2) is 11.5 Å². The van der Waals surface area contributed by atoms with Crippen LogP contribution in [0.25, 0.3) is 17.2 Å². The van der Waals surface area contributed by atoms with E-state index in [0.717, 1.165) is 22.3 Å². The van der Waals surface area contributed by atoms with Gasteiger partial charge in [0.25, 0.3) is 0 Å². The van der Waals surface area contributed by atoms with Crippen LogP contribution < -0.4 is 9.47 Å². The summed E-state index contributed by atoms with van der Waals surface area (Å²) in [6.07, 6.45) is 5.65. The smallest absolute Gasteiger partial charge is 0.313 e. The zero-order valence-corrected chi connectivity index (χ0v) is 24.8. The first kappa shape index (κ1) is 30.9. The first-order valence-electron chi connectivity index (χ1n) is 14.2. The lowest BCUT2D eigenvalue weighted by molar-refractivity contribution is -0.145. The van der Waals surface area contributed by atoms with Crippen LogP contribution in [-0.2, 0) is 27.4 Å². The van der Waals surface area contributed by atoms with Gasteiger partial charge in [0, 0.05) is 41.9 Å². The Morgan fingerprint density at radius 3 is 2.57 bits per heavy atom. The van der Waals surface area contributed by atoms with E-state index in [1.807, 2.05) is 26.0 Å². The van der Waals surface area contributed by atoms with Gasteiger partial charge < -0.3 is 19.3 Å². The van der Waals surface area contributed by atoms with Crippen molar-refractivity contribution in [2.75, 3.05) is 6.61 Å². The van der Waals surface area contributed by atoms with E-state index < -0.39 is 29.9 Å². The number of Topliss-reactive ketones (excluding diaryl/α,β-unsaturated/α-hetero) is 1. The molecule has 0 amide bonds. The Balaban J connectivity index is 1.85. The monoisotopic (exact) mass is 575 g/mol. The minimum Gasteiger partial charge on any atom is -0.484 e. The predicted molar refractivity (Wildman–Crippen MR) is 159 cm³/mol. The molecule has 4 rings (SSSR count). The summed E-state index contributed by atoms with van der Waals surface area (Å²) in [6.45, 7) is 10.3. The molecule has 1 unspecified atom stereocenters.